The number of aromatic nitrogens is 1. The normalized spacial score (nSPS) is 11.6. The average Bonchev–Trinajstić information content (AvgIpc) is 2.45. The number of pyridine rings is 1. The second kappa shape index (κ2) is 7.47. The van der Waals surface area contributed by atoms with Crippen molar-refractivity contribution in [1.82, 2.24) is 4.98 Å². The van der Waals surface area contributed by atoms with Gasteiger partial charge in [0.1, 0.15) is 5.04 Å². The highest BCUT2D eigenvalue weighted by atomic mass is 35.5. The van der Waals surface area contributed by atoms with E-state index in [-0.39, 0.29) is 5.02 Å². The van der Waals surface area contributed by atoms with E-state index in [4.69, 9.17) is 34.8 Å². The topological polar surface area (TPSA) is 42.3 Å². The van der Waals surface area contributed by atoms with Crippen LogP contribution in [-0.4, -0.2) is 22.2 Å². The third-order valence-corrected chi connectivity index (χ3v) is 4.38. The first-order valence-electron chi connectivity index (χ1n) is 6.16. The molecule has 7 heteroatoms. The van der Waals surface area contributed by atoms with Gasteiger partial charge in [-0.15, -0.1) is 11.8 Å². The van der Waals surface area contributed by atoms with Crippen molar-refractivity contribution in [3.8, 4) is 0 Å². The number of halogens is 3. The van der Waals surface area contributed by atoms with Gasteiger partial charge >= 0.3 is 0 Å². The van der Waals surface area contributed by atoms with Crippen molar-refractivity contribution in [3.05, 3.63) is 62.4 Å². The van der Waals surface area contributed by atoms with Crippen LogP contribution >= 0.6 is 46.6 Å². The predicted molar refractivity (Wildman–Crippen MR) is 94.8 cm³/mol. The number of amides is 1. The molecule has 1 amide bonds. The zero-order chi connectivity index (χ0) is 16.3. The van der Waals surface area contributed by atoms with E-state index in [1.807, 2.05) is 13.2 Å². The Labute approximate surface area is 147 Å². The van der Waals surface area contributed by atoms with Crippen molar-refractivity contribution in [2.45, 2.75) is 6.92 Å². The molecule has 2 aromatic rings. The summed E-state index contributed by atoms with van der Waals surface area (Å²) < 4.78 is 0. The molecule has 0 aliphatic heterocycles. The molecule has 0 aliphatic carbocycles. The minimum absolute atomic E-state index is 0.263. The lowest BCUT2D eigenvalue weighted by molar-refractivity contribution is 0.100. The van der Waals surface area contributed by atoms with Crippen molar-refractivity contribution in [2.24, 2.45) is 4.99 Å². The molecule has 1 aromatic carbocycles. The SMILES string of the molecule is CSC(=NC(=O)c1ccc(Cl)cc1Cl)c1c(C)cncc1Cl. The third kappa shape index (κ3) is 3.82. The summed E-state index contributed by atoms with van der Waals surface area (Å²) in [6, 6.07) is 4.66. The second-order valence-electron chi connectivity index (χ2n) is 4.36. The van der Waals surface area contributed by atoms with Gasteiger partial charge in [0.25, 0.3) is 5.91 Å². The van der Waals surface area contributed by atoms with Crippen LogP contribution < -0.4 is 0 Å². The highest BCUT2D eigenvalue weighted by Gasteiger charge is 2.15. The monoisotopic (exact) mass is 372 g/mol. The van der Waals surface area contributed by atoms with Crippen LogP contribution in [0.5, 0.6) is 0 Å². The van der Waals surface area contributed by atoms with Crippen molar-refractivity contribution in [3.63, 3.8) is 0 Å². The summed E-state index contributed by atoms with van der Waals surface area (Å²) in [5.74, 6) is -0.446. The number of aliphatic imine (C=N–C) groups is 1. The van der Waals surface area contributed by atoms with Gasteiger partial charge < -0.3 is 0 Å². The number of rotatable bonds is 2. The van der Waals surface area contributed by atoms with Crippen LogP contribution in [0.4, 0.5) is 0 Å². The maximum absolute atomic E-state index is 12.4. The van der Waals surface area contributed by atoms with Gasteiger partial charge in [0.05, 0.1) is 15.6 Å². The van der Waals surface area contributed by atoms with Crippen molar-refractivity contribution in [1.29, 1.82) is 0 Å². The van der Waals surface area contributed by atoms with Gasteiger partial charge in [-0.1, -0.05) is 34.8 Å². The first-order valence-corrected chi connectivity index (χ1v) is 8.52. The smallest absolute Gasteiger partial charge is 0.267 e. The number of carbonyl (C=O) groups is 1. The lowest BCUT2D eigenvalue weighted by Crippen LogP contribution is -2.05. The Kier molecular flexibility index (Phi) is 5.87. The molecule has 0 radical (unpaired) electrons. The molecule has 0 saturated carbocycles. The summed E-state index contributed by atoms with van der Waals surface area (Å²) >= 11 is 19.4. The fourth-order valence-electron chi connectivity index (χ4n) is 1.82. The summed E-state index contributed by atoms with van der Waals surface area (Å²) in [6.07, 6.45) is 5.02. The zero-order valence-corrected chi connectivity index (χ0v) is 14.8. The molecule has 0 saturated heterocycles. The summed E-state index contributed by atoms with van der Waals surface area (Å²) in [5, 5.41) is 1.69. The van der Waals surface area contributed by atoms with Crippen molar-refractivity contribution < 1.29 is 4.79 Å². The molecule has 2 rings (SSSR count). The molecular weight excluding hydrogens is 363 g/mol. The van der Waals surface area contributed by atoms with Crippen molar-refractivity contribution >= 4 is 57.5 Å². The summed E-state index contributed by atoms with van der Waals surface area (Å²) in [4.78, 5) is 20.5. The van der Waals surface area contributed by atoms with E-state index in [0.717, 1.165) is 5.56 Å². The molecule has 0 fully saturated rings. The number of carbonyl (C=O) groups excluding carboxylic acids is 1. The number of aryl methyl sites for hydroxylation is 1. The molecule has 0 unspecified atom stereocenters. The van der Waals surface area contributed by atoms with Crippen LogP contribution in [0.2, 0.25) is 15.1 Å². The maximum atomic E-state index is 12.4. The Morgan fingerprint density at radius 2 is 1.91 bits per heavy atom. The van der Waals surface area contributed by atoms with Crippen LogP contribution in [0.1, 0.15) is 21.5 Å². The van der Waals surface area contributed by atoms with E-state index >= 15 is 0 Å². The Bertz CT molecular complexity index is 742. The third-order valence-electron chi connectivity index (χ3n) is 2.86. The van der Waals surface area contributed by atoms with Crippen LogP contribution in [0, 0.1) is 6.92 Å². The fourth-order valence-corrected chi connectivity index (χ4v) is 3.31. The lowest BCUT2D eigenvalue weighted by Gasteiger charge is -2.09. The standard InChI is InChI=1S/C15H11Cl3N2OS/c1-8-6-19-7-12(18)13(8)15(22-2)20-14(21)10-4-3-9(16)5-11(10)17/h3-7H,1-2H3. The van der Waals surface area contributed by atoms with Gasteiger partial charge in [-0.2, -0.15) is 0 Å². The van der Waals surface area contributed by atoms with Crippen LogP contribution in [-0.2, 0) is 0 Å². The van der Waals surface area contributed by atoms with Crippen LogP contribution in [0.3, 0.4) is 0 Å². The fraction of sp³-hybridized carbons (Fsp3) is 0.133. The van der Waals surface area contributed by atoms with E-state index in [2.05, 4.69) is 9.98 Å². The minimum Gasteiger partial charge on any atom is -0.267 e. The largest absolute Gasteiger partial charge is 0.279 e. The Hall–Kier alpha value is -1.07. The van der Waals surface area contributed by atoms with E-state index in [1.165, 1.54) is 24.0 Å². The molecular formula is C15H11Cl3N2OS. The minimum atomic E-state index is -0.446. The van der Waals surface area contributed by atoms with Crippen molar-refractivity contribution in [2.75, 3.05) is 6.26 Å². The van der Waals surface area contributed by atoms with E-state index < -0.39 is 5.91 Å². The Morgan fingerprint density at radius 1 is 1.18 bits per heavy atom. The molecule has 1 heterocycles. The molecule has 0 N–H and O–H groups in total. The van der Waals surface area contributed by atoms with Gasteiger partial charge in [-0.3, -0.25) is 9.78 Å². The second-order valence-corrected chi connectivity index (χ2v) is 6.41. The molecule has 0 atom stereocenters. The van der Waals surface area contributed by atoms with Crippen LogP contribution in [0.15, 0.2) is 35.6 Å². The highest BCUT2D eigenvalue weighted by Crippen LogP contribution is 2.26. The molecule has 114 valence electrons. The number of hydrogen-bond donors (Lipinski definition) is 0. The molecule has 0 spiro atoms. The highest BCUT2D eigenvalue weighted by molar-refractivity contribution is 8.13. The van der Waals surface area contributed by atoms with Gasteiger partial charge in [-0.25, -0.2) is 4.99 Å². The van der Waals surface area contributed by atoms with E-state index in [9.17, 15) is 4.79 Å². The molecule has 0 aliphatic rings. The number of benzene rings is 1. The quantitative estimate of drug-likeness (QED) is 0.530. The maximum Gasteiger partial charge on any atom is 0.279 e. The van der Waals surface area contributed by atoms with Gasteiger partial charge in [0.15, 0.2) is 0 Å². The zero-order valence-electron chi connectivity index (χ0n) is 11.7. The van der Waals surface area contributed by atoms with Gasteiger partial charge in [0.2, 0.25) is 0 Å². The lowest BCUT2D eigenvalue weighted by atomic mass is 10.1. The first-order chi connectivity index (χ1) is 10.4. The number of thioether (sulfide) groups is 1. The van der Waals surface area contributed by atoms with E-state index in [1.54, 1.807) is 18.3 Å². The molecule has 22 heavy (non-hydrogen) atoms. The Morgan fingerprint density at radius 3 is 2.50 bits per heavy atom. The van der Waals surface area contributed by atoms with E-state index in [0.29, 0.717) is 26.2 Å². The summed E-state index contributed by atoms with van der Waals surface area (Å²) in [7, 11) is 0. The predicted octanol–water partition coefficient (Wildman–Crippen LogP) is 5.30. The van der Waals surface area contributed by atoms with Gasteiger partial charge in [-0.05, 0) is 36.9 Å². The summed E-state index contributed by atoms with van der Waals surface area (Å²) in [5.41, 5.74) is 1.83. The molecule has 0 bridgehead atoms. The molecule has 3 nitrogen and oxygen atoms in total. The number of nitrogens with zero attached hydrogens (tertiary/aromatic N) is 2. The Balaban J connectivity index is 2.47. The van der Waals surface area contributed by atoms with Gasteiger partial charge in [0, 0.05) is 23.0 Å². The number of hydrogen-bond acceptors (Lipinski definition) is 3. The molecule has 1 aromatic heterocycles. The van der Waals surface area contributed by atoms with Crippen LogP contribution in [0.25, 0.3) is 0 Å². The average molecular weight is 374 g/mol. The summed E-state index contributed by atoms with van der Waals surface area (Å²) in [6.45, 7) is 1.86. The first kappa shape index (κ1) is 17.3.